The minimum Gasteiger partial charge on any atom is -0.375 e. The van der Waals surface area contributed by atoms with E-state index in [0.29, 0.717) is 28.2 Å². The summed E-state index contributed by atoms with van der Waals surface area (Å²) in [6.45, 7) is -1.21. The van der Waals surface area contributed by atoms with E-state index in [1.807, 2.05) is 0 Å². The van der Waals surface area contributed by atoms with Crippen LogP contribution in [0.1, 0.15) is 23.2 Å². The van der Waals surface area contributed by atoms with Gasteiger partial charge in [0.1, 0.15) is 6.54 Å². The maximum Gasteiger partial charge on any atom is 0.406 e. The van der Waals surface area contributed by atoms with Gasteiger partial charge in [-0.3, -0.25) is 4.79 Å². The highest BCUT2D eigenvalue weighted by Gasteiger charge is 2.40. The van der Waals surface area contributed by atoms with E-state index in [-0.39, 0.29) is 11.6 Å². The molecular weight excluding hydrogens is 303 g/mol. The monoisotopic (exact) mass is 315 g/mol. The zero-order chi connectivity index (χ0) is 15.2. The standard InChI is InChI=1S/C13H12F3N3OS/c14-13(15,16)6-19(8-2-3-8)11(20)7-1-4-9-10(5-7)21-12(17)18-9/h1,4-5,8H,2-3,6H2,(H2,17,18). The predicted octanol–water partition coefficient (Wildman–Crippen LogP) is 3.05. The second kappa shape index (κ2) is 4.87. The van der Waals surface area contributed by atoms with Crippen molar-refractivity contribution in [2.45, 2.75) is 25.1 Å². The number of anilines is 1. The smallest absolute Gasteiger partial charge is 0.375 e. The van der Waals surface area contributed by atoms with Gasteiger partial charge >= 0.3 is 6.18 Å². The summed E-state index contributed by atoms with van der Waals surface area (Å²) >= 11 is 1.21. The molecule has 1 aromatic heterocycles. The summed E-state index contributed by atoms with van der Waals surface area (Å²) in [6, 6.07) is 4.35. The number of fused-ring (bicyclic) bond motifs is 1. The number of nitrogens with two attached hydrogens (primary N) is 1. The highest BCUT2D eigenvalue weighted by Crippen LogP contribution is 2.32. The van der Waals surface area contributed by atoms with E-state index in [9.17, 15) is 18.0 Å². The van der Waals surface area contributed by atoms with Crippen LogP contribution in [0.4, 0.5) is 18.3 Å². The van der Waals surface area contributed by atoms with Crippen LogP contribution in [0.15, 0.2) is 18.2 Å². The van der Waals surface area contributed by atoms with Crippen LogP contribution in [0.3, 0.4) is 0 Å². The first-order valence-corrected chi connectivity index (χ1v) is 7.19. The number of carbonyl (C=O) groups is 1. The van der Waals surface area contributed by atoms with Crippen LogP contribution in [0.5, 0.6) is 0 Å². The van der Waals surface area contributed by atoms with Gasteiger partial charge in [-0.15, -0.1) is 0 Å². The van der Waals surface area contributed by atoms with Gasteiger partial charge in [-0.2, -0.15) is 13.2 Å². The molecule has 3 rings (SSSR count). The van der Waals surface area contributed by atoms with E-state index >= 15 is 0 Å². The second-order valence-corrected chi connectivity index (χ2v) is 6.08. The number of aromatic nitrogens is 1. The number of hydrogen-bond acceptors (Lipinski definition) is 4. The molecular formula is C13H12F3N3OS. The van der Waals surface area contributed by atoms with Gasteiger partial charge in [-0.05, 0) is 31.0 Å². The van der Waals surface area contributed by atoms with Gasteiger partial charge in [-0.25, -0.2) is 4.98 Å². The molecule has 21 heavy (non-hydrogen) atoms. The lowest BCUT2D eigenvalue weighted by Crippen LogP contribution is -2.40. The Morgan fingerprint density at radius 3 is 2.76 bits per heavy atom. The number of rotatable bonds is 3. The molecule has 1 aromatic carbocycles. The topological polar surface area (TPSA) is 59.2 Å². The Kier molecular flexibility index (Phi) is 3.27. The fourth-order valence-corrected chi connectivity index (χ4v) is 2.96. The van der Waals surface area contributed by atoms with Gasteiger partial charge in [0.2, 0.25) is 0 Å². The van der Waals surface area contributed by atoms with Gasteiger partial charge in [-0.1, -0.05) is 11.3 Å². The molecule has 0 bridgehead atoms. The van der Waals surface area contributed by atoms with Gasteiger partial charge in [0, 0.05) is 11.6 Å². The van der Waals surface area contributed by atoms with Crippen molar-refractivity contribution in [3.05, 3.63) is 23.8 Å². The quantitative estimate of drug-likeness (QED) is 0.947. The lowest BCUT2D eigenvalue weighted by Gasteiger charge is -2.23. The molecule has 0 unspecified atom stereocenters. The zero-order valence-electron chi connectivity index (χ0n) is 10.9. The Labute approximate surface area is 122 Å². The number of carbonyl (C=O) groups excluding carboxylic acids is 1. The fourth-order valence-electron chi connectivity index (χ4n) is 2.19. The fraction of sp³-hybridized carbons (Fsp3) is 0.385. The van der Waals surface area contributed by atoms with E-state index in [1.165, 1.54) is 17.4 Å². The predicted molar refractivity (Wildman–Crippen MR) is 74.1 cm³/mol. The Balaban J connectivity index is 1.89. The molecule has 2 N–H and O–H groups in total. The average molecular weight is 315 g/mol. The molecule has 1 aliphatic carbocycles. The largest absolute Gasteiger partial charge is 0.406 e. The first kappa shape index (κ1) is 14.1. The highest BCUT2D eigenvalue weighted by atomic mass is 32.1. The molecule has 1 heterocycles. The lowest BCUT2D eigenvalue weighted by atomic mass is 10.2. The van der Waals surface area contributed by atoms with E-state index < -0.39 is 18.6 Å². The van der Waals surface area contributed by atoms with Crippen LogP contribution in [-0.4, -0.2) is 34.6 Å². The number of nitrogens with zero attached hydrogens (tertiary/aromatic N) is 2. The summed E-state index contributed by atoms with van der Waals surface area (Å²) in [7, 11) is 0. The summed E-state index contributed by atoms with van der Waals surface area (Å²) in [5.41, 5.74) is 6.46. The molecule has 112 valence electrons. The van der Waals surface area contributed by atoms with Crippen molar-refractivity contribution in [1.82, 2.24) is 9.88 Å². The number of halogens is 3. The van der Waals surface area contributed by atoms with Crippen LogP contribution in [-0.2, 0) is 0 Å². The first-order valence-electron chi connectivity index (χ1n) is 6.37. The summed E-state index contributed by atoms with van der Waals surface area (Å²) in [6.07, 6.45) is -3.15. The number of nitrogen functional groups attached to an aromatic ring is 1. The number of benzene rings is 1. The third kappa shape index (κ3) is 3.10. The highest BCUT2D eigenvalue weighted by molar-refractivity contribution is 7.22. The zero-order valence-corrected chi connectivity index (χ0v) is 11.7. The van der Waals surface area contributed by atoms with Crippen LogP contribution in [0, 0.1) is 0 Å². The van der Waals surface area contributed by atoms with E-state index in [2.05, 4.69) is 4.98 Å². The Bertz CT molecular complexity index is 694. The minimum absolute atomic E-state index is 0.238. The van der Waals surface area contributed by atoms with Crippen LogP contribution < -0.4 is 5.73 Å². The van der Waals surface area contributed by atoms with E-state index in [4.69, 9.17) is 5.73 Å². The Morgan fingerprint density at radius 2 is 2.14 bits per heavy atom. The van der Waals surface area contributed by atoms with Crippen LogP contribution >= 0.6 is 11.3 Å². The van der Waals surface area contributed by atoms with E-state index in [0.717, 1.165) is 4.90 Å². The van der Waals surface area contributed by atoms with Crippen molar-refractivity contribution in [2.75, 3.05) is 12.3 Å². The van der Waals surface area contributed by atoms with Crippen molar-refractivity contribution in [1.29, 1.82) is 0 Å². The molecule has 0 saturated heterocycles. The first-order chi connectivity index (χ1) is 9.83. The molecule has 0 spiro atoms. The number of alkyl halides is 3. The normalized spacial score (nSPS) is 15.4. The third-order valence-electron chi connectivity index (χ3n) is 3.25. The molecule has 0 radical (unpaired) electrons. The molecule has 0 aliphatic heterocycles. The molecule has 4 nitrogen and oxygen atoms in total. The maximum absolute atomic E-state index is 12.6. The van der Waals surface area contributed by atoms with Crippen molar-refractivity contribution >= 4 is 32.6 Å². The van der Waals surface area contributed by atoms with Gasteiger partial charge in [0.15, 0.2) is 5.13 Å². The summed E-state index contributed by atoms with van der Waals surface area (Å²) < 4.78 is 38.5. The molecule has 1 aliphatic rings. The third-order valence-corrected chi connectivity index (χ3v) is 4.10. The molecule has 1 saturated carbocycles. The minimum atomic E-state index is -4.39. The lowest BCUT2D eigenvalue weighted by molar-refractivity contribution is -0.141. The van der Waals surface area contributed by atoms with Crippen molar-refractivity contribution in [2.24, 2.45) is 0 Å². The summed E-state index contributed by atoms with van der Waals surface area (Å²) in [4.78, 5) is 17.3. The molecule has 0 atom stereocenters. The van der Waals surface area contributed by atoms with Gasteiger partial charge in [0.25, 0.3) is 5.91 Å². The molecule has 8 heteroatoms. The van der Waals surface area contributed by atoms with Crippen molar-refractivity contribution < 1.29 is 18.0 Å². The van der Waals surface area contributed by atoms with Crippen LogP contribution in [0.2, 0.25) is 0 Å². The summed E-state index contributed by atoms with van der Waals surface area (Å²) in [5.74, 6) is -0.594. The maximum atomic E-state index is 12.6. The SMILES string of the molecule is Nc1nc2ccc(C(=O)N(CC(F)(F)F)C3CC3)cc2s1. The Hall–Kier alpha value is -1.83. The summed E-state index contributed by atoms with van der Waals surface area (Å²) in [5, 5.41) is 0.365. The number of amides is 1. The van der Waals surface area contributed by atoms with Crippen molar-refractivity contribution in [3.8, 4) is 0 Å². The molecule has 2 aromatic rings. The van der Waals surface area contributed by atoms with E-state index in [1.54, 1.807) is 12.1 Å². The Morgan fingerprint density at radius 1 is 1.43 bits per heavy atom. The molecule has 1 amide bonds. The van der Waals surface area contributed by atoms with Crippen molar-refractivity contribution in [3.63, 3.8) is 0 Å². The van der Waals surface area contributed by atoms with Crippen LogP contribution in [0.25, 0.3) is 10.2 Å². The second-order valence-electron chi connectivity index (χ2n) is 5.01. The van der Waals surface area contributed by atoms with Gasteiger partial charge < -0.3 is 10.6 Å². The number of hydrogen-bond donors (Lipinski definition) is 1. The average Bonchev–Trinajstić information content (AvgIpc) is 3.15. The number of thiazole rings is 1. The van der Waals surface area contributed by atoms with Gasteiger partial charge in [0.05, 0.1) is 10.2 Å². The molecule has 1 fully saturated rings.